The standard InChI is InChI=1S/C14H23N/c1-10(12-3-2-4-12)15-9-14-8-11-5-6-13(14)7-11/h5-6,10-15H,2-4,7-9H2,1H3. The summed E-state index contributed by atoms with van der Waals surface area (Å²) in [5.41, 5.74) is 0. The van der Waals surface area contributed by atoms with Crippen LogP contribution in [0.2, 0.25) is 0 Å². The number of nitrogens with one attached hydrogen (secondary N) is 1. The van der Waals surface area contributed by atoms with E-state index in [4.69, 9.17) is 0 Å². The van der Waals surface area contributed by atoms with E-state index in [2.05, 4.69) is 24.4 Å². The summed E-state index contributed by atoms with van der Waals surface area (Å²) in [6.07, 6.45) is 12.2. The van der Waals surface area contributed by atoms with E-state index in [-0.39, 0.29) is 0 Å². The van der Waals surface area contributed by atoms with Crippen LogP contribution < -0.4 is 5.32 Å². The maximum Gasteiger partial charge on any atom is 0.00671 e. The van der Waals surface area contributed by atoms with Gasteiger partial charge in [-0.1, -0.05) is 18.6 Å². The maximum absolute atomic E-state index is 3.78. The van der Waals surface area contributed by atoms with Gasteiger partial charge in [-0.15, -0.1) is 0 Å². The van der Waals surface area contributed by atoms with Crippen LogP contribution in [0.15, 0.2) is 12.2 Å². The number of rotatable bonds is 4. The lowest BCUT2D eigenvalue weighted by molar-refractivity contribution is 0.230. The molecule has 0 aromatic heterocycles. The Kier molecular flexibility index (Phi) is 2.59. The highest BCUT2D eigenvalue weighted by Crippen LogP contribution is 2.43. The van der Waals surface area contributed by atoms with Crippen LogP contribution in [0.5, 0.6) is 0 Å². The molecule has 84 valence electrons. The van der Waals surface area contributed by atoms with Crippen molar-refractivity contribution in [3.8, 4) is 0 Å². The molecular weight excluding hydrogens is 182 g/mol. The quantitative estimate of drug-likeness (QED) is 0.696. The largest absolute Gasteiger partial charge is 0.314 e. The fourth-order valence-electron chi connectivity index (χ4n) is 3.57. The summed E-state index contributed by atoms with van der Waals surface area (Å²) in [5, 5.41) is 3.78. The summed E-state index contributed by atoms with van der Waals surface area (Å²) in [6.45, 7) is 3.65. The van der Waals surface area contributed by atoms with Crippen LogP contribution in [0.3, 0.4) is 0 Å². The van der Waals surface area contributed by atoms with Crippen molar-refractivity contribution in [3.63, 3.8) is 0 Å². The molecule has 0 aliphatic heterocycles. The second kappa shape index (κ2) is 3.93. The Labute approximate surface area is 93.3 Å². The Bertz CT molecular complexity index is 254. The van der Waals surface area contributed by atoms with E-state index < -0.39 is 0 Å². The third-order valence-corrected chi connectivity index (χ3v) is 4.98. The van der Waals surface area contributed by atoms with Crippen LogP contribution in [0.1, 0.15) is 39.0 Å². The van der Waals surface area contributed by atoms with Gasteiger partial charge in [-0.25, -0.2) is 0 Å². The van der Waals surface area contributed by atoms with E-state index in [0.29, 0.717) is 0 Å². The normalized spacial score (nSPS) is 40.7. The Morgan fingerprint density at radius 1 is 1.27 bits per heavy atom. The molecule has 1 nitrogen and oxygen atoms in total. The van der Waals surface area contributed by atoms with Gasteiger partial charge >= 0.3 is 0 Å². The fourth-order valence-corrected chi connectivity index (χ4v) is 3.57. The smallest absolute Gasteiger partial charge is 0.00671 e. The Hall–Kier alpha value is -0.300. The van der Waals surface area contributed by atoms with E-state index in [1.54, 1.807) is 0 Å². The molecule has 0 radical (unpaired) electrons. The molecule has 0 aromatic carbocycles. The first-order valence-electron chi connectivity index (χ1n) is 6.74. The van der Waals surface area contributed by atoms with E-state index in [9.17, 15) is 0 Å². The van der Waals surface area contributed by atoms with E-state index in [0.717, 1.165) is 29.7 Å². The van der Waals surface area contributed by atoms with Crippen LogP contribution in [-0.2, 0) is 0 Å². The van der Waals surface area contributed by atoms with Gasteiger partial charge in [0.15, 0.2) is 0 Å². The van der Waals surface area contributed by atoms with Crippen LogP contribution in [0.4, 0.5) is 0 Å². The summed E-state index contributed by atoms with van der Waals surface area (Å²) in [5.74, 6) is 3.78. The number of hydrogen-bond donors (Lipinski definition) is 1. The molecule has 0 saturated heterocycles. The Morgan fingerprint density at radius 3 is 2.67 bits per heavy atom. The highest BCUT2D eigenvalue weighted by Gasteiger charge is 2.35. The number of hydrogen-bond acceptors (Lipinski definition) is 1. The van der Waals surface area contributed by atoms with Crippen molar-refractivity contribution < 1.29 is 0 Å². The highest BCUT2D eigenvalue weighted by atomic mass is 14.9. The number of allylic oxidation sites excluding steroid dienone is 2. The fraction of sp³-hybridized carbons (Fsp3) is 0.857. The van der Waals surface area contributed by atoms with Crippen LogP contribution >= 0.6 is 0 Å². The summed E-state index contributed by atoms with van der Waals surface area (Å²) in [7, 11) is 0. The van der Waals surface area contributed by atoms with Crippen LogP contribution in [-0.4, -0.2) is 12.6 Å². The molecule has 3 aliphatic carbocycles. The van der Waals surface area contributed by atoms with Gasteiger partial charge in [0.1, 0.15) is 0 Å². The Morgan fingerprint density at radius 2 is 2.13 bits per heavy atom. The summed E-state index contributed by atoms with van der Waals surface area (Å²) in [4.78, 5) is 0. The maximum atomic E-state index is 3.78. The summed E-state index contributed by atoms with van der Waals surface area (Å²) in [6, 6.07) is 0.766. The van der Waals surface area contributed by atoms with Gasteiger partial charge in [0.25, 0.3) is 0 Å². The van der Waals surface area contributed by atoms with Crippen molar-refractivity contribution in [1.82, 2.24) is 5.32 Å². The van der Waals surface area contributed by atoms with Crippen molar-refractivity contribution in [3.05, 3.63) is 12.2 Å². The van der Waals surface area contributed by atoms with Crippen molar-refractivity contribution >= 4 is 0 Å². The molecule has 15 heavy (non-hydrogen) atoms. The molecule has 3 rings (SSSR count). The second-order valence-corrected chi connectivity index (χ2v) is 5.93. The molecule has 2 fully saturated rings. The van der Waals surface area contributed by atoms with Crippen LogP contribution in [0, 0.1) is 23.7 Å². The van der Waals surface area contributed by atoms with Gasteiger partial charge in [-0.2, -0.15) is 0 Å². The molecule has 0 aromatic rings. The molecule has 0 amide bonds. The van der Waals surface area contributed by atoms with Gasteiger partial charge in [0.2, 0.25) is 0 Å². The molecule has 4 unspecified atom stereocenters. The van der Waals surface area contributed by atoms with Gasteiger partial charge < -0.3 is 5.32 Å². The zero-order valence-corrected chi connectivity index (χ0v) is 9.78. The van der Waals surface area contributed by atoms with E-state index in [1.807, 2.05) is 0 Å². The monoisotopic (exact) mass is 205 g/mol. The van der Waals surface area contributed by atoms with Gasteiger partial charge in [-0.3, -0.25) is 0 Å². The average molecular weight is 205 g/mol. The van der Waals surface area contributed by atoms with E-state index in [1.165, 1.54) is 38.6 Å². The van der Waals surface area contributed by atoms with Gasteiger partial charge in [0, 0.05) is 6.04 Å². The minimum Gasteiger partial charge on any atom is -0.314 e. The third kappa shape index (κ3) is 1.87. The van der Waals surface area contributed by atoms with Crippen molar-refractivity contribution in [2.24, 2.45) is 23.7 Å². The molecule has 4 atom stereocenters. The predicted octanol–water partition coefficient (Wildman–Crippen LogP) is 2.98. The lowest BCUT2D eigenvalue weighted by Gasteiger charge is -2.33. The molecular formula is C14H23N. The first-order valence-corrected chi connectivity index (χ1v) is 6.74. The first-order chi connectivity index (χ1) is 7.33. The SMILES string of the molecule is CC(NCC1CC2C=CC1C2)C1CCC1. The van der Waals surface area contributed by atoms with E-state index >= 15 is 0 Å². The second-order valence-electron chi connectivity index (χ2n) is 5.93. The lowest BCUT2D eigenvalue weighted by atomic mass is 9.80. The molecule has 0 spiro atoms. The summed E-state index contributed by atoms with van der Waals surface area (Å²) < 4.78 is 0. The molecule has 2 saturated carbocycles. The van der Waals surface area contributed by atoms with Crippen molar-refractivity contribution in [1.29, 1.82) is 0 Å². The lowest BCUT2D eigenvalue weighted by Crippen LogP contribution is -2.40. The zero-order valence-electron chi connectivity index (χ0n) is 9.78. The molecule has 1 N–H and O–H groups in total. The predicted molar refractivity (Wildman–Crippen MR) is 63.6 cm³/mol. The summed E-state index contributed by atoms with van der Waals surface area (Å²) >= 11 is 0. The van der Waals surface area contributed by atoms with Crippen molar-refractivity contribution in [2.75, 3.05) is 6.54 Å². The minimum atomic E-state index is 0.766. The zero-order chi connectivity index (χ0) is 10.3. The minimum absolute atomic E-state index is 0.766. The molecule has 0 heterocycles. The molecule has 2 bridgehead atoms. The van der Waals surface area contributed by atoms with Gasteiger partial charge in [0.05, 0.1) is 0 Å². The average Bonchev–Trinajstić information content (AvgIpc) is 2.72. The topological polar surface area (TPSA) is 12.0 Å². The van der Waals surface area contributed by atoms with Gasteiger partial charge in [-0.05, 0) is 62.8 Å². The molecule has 3 aliphatic rings. The van der Waals surface area contributed by atoms with Crippen molar-refractivity contribution in [2.45, 2.75) is 45.1 Å². The van der Waals surface area contributed by atoms with Crippen LogP contribution in [0.25, 0.3) is 0 Å². The first kappa shape index (κ1) is 9.89. The number of fused-ring (bicyclic) bond motifs is 2. The third-order valence-electron chi connectivity index (χ3n) is 4.98. The highest BCUT2D eigenvalue weighted by molar-refractivity contribution is 5.10. The Balaban J connectivity index is 1.44. The molecule has 1 heteroatoms.